The van der Waals surface area contributed by atoms with E-state index >= 15 is 0 Å². The van der Waals surface area contributed by atoms with Crippen LogP contribution in [0.1, 0.15) is 54.9 Å². The van der Waals surface area contributed by atoms with Crippen molar-refractivity contribution in [3.63, 3.8) is 0 Å². The number of hydrogen-bond acceptors (Lipinski definition) is 6. The van der Waals surface area contributed by atoms with Crippen molar-refractivity contribution in [2.45, 2.75) is 56.5 Å². The molecule has 1 aliphatic rings. The molecule has 38 heavy (non-hydrogen) atoms. The fraction of sp³-hybridized carbons (Fsp3) is 0.321. The molecule has 0 unspecified atom stereocenters. The number of carbonyl (C=O) groups excluding carboxylic acids is 1. The lowest BCUT2D eigenvalue weighted by Gasteiger charge is -2.32. The van der Waals surface area contributed by atoms with Crippen LogP contribution in [-0.2, 0) is 16.6 Å². The van der Waals surface area contributed by atoms with Crippen LogP contribution in [0, 0.1) is 0 Å². The highest BCUT2D eigenvalue weighted by Gasteiger charge is 2.31. The lowest BCUT2D eigenvalue weighted by molar-refractivity contribution is 0.0985. The monoisotopic (exact) mass is 568 g/mol. The molecule has 5 rings (SSSR count). The molecular weight excluding hydrogens is 540 g/mol. The first-order chi connectivity index (χ1) is 18.4. The van der Waals surface area contributed by atoms with Gasteiger partial charge in [0.1, 0.15) is 5.52 Å². The van der Waals surface area contributed by atoms with E-state index in [1.54, 1.807) is 39.8 Å². The van der Waals surface area contributed by atoms with Gasteiger partial charge in [-0.1, -0.05) is 61.3 Å². The van der Waals surface area contributed by atoms with Crippen molar-refractivity contribution < 1.29 is 13.2 Å². The van der Waals surface area contributed by atoms with Gasteiger partial charge in [-0.05, 0) is 60.9 Å². The minimum atomic E-state index is -3.66. The number of pyridine rings is 1. The number of anilines is 1. The number of hydrogen-bond donors (Lipinski definition) is 0. The largest absolute Gasteiger partial charge is 0.279 e. The van der Waals surface area contributed by atoms with Crippen molar-refractivity contribution in [1.82, 2.24) is 14.3 Å². The zero-order chi connectivity index (χ0) is 26.7. The van der Waals surface area contributed by atoms with Gasteiger partial charge in [-0.15, -0.1) is 0 Å². The van der Waals surface area contributed by atoms with Gasteiger partial charge in [-0.2, -0.15) is 4.31 Å². The van der Waals surface area contributed by atoms with E-state index in [9.17, 15) is 13.2 Å². The topological polar surface area (TPSA) is 83.5 Å². The Labute approximate surface area is 232 Å². The van der Waals surface area contributed by atoms with E-state index in [0.717, 1.165) is 42.4 Å². The Morgan fingerprint density at radius 1 is 1.05 bits per heavy atom. The Bertz CT molecular complexity index is 1520. The van der Waals surface area contributed by atoms with Crippen LogP contribution in [0.4, 0.5) is 5.13 Å². The first-order valence-electron chi connectivity index (χ1n) is 12.8. The fourth-order valence-corrected chi connectivity index (χ4v) is 7.93. The summed E-state index contributed by atoms with van der Waals surface area (Å²) in [5, 5.41) is 1.03. The molecule has 0 spiro atoms. The summed E-state index contributed by atoms with van der Waals surface area (Å²) in [5.41, 5.74) is 1.86. The first kappa shape index (κ1) is 26.7. The zero-order valence-corrected chi connectivity index (χ0v) is 23.5. The van der Waals surface area contributed by atoms with E-state index < -0.39 is 10.0 Å². The van der Waals surface area contributed by atoms with Gasteiger partial charge in [0.2, 0.25) is 10.0 Å². The highest BCUT2D eigenvalue weighted by atomic mass is 35.5. The van der Waals surface area contributed by atoms with E-state index in [0.29, 0.717) is 27.8 Å². The number of thiazole rings is 1. The van der Waals surface area contributed by atoms with Crippen LogP contribution in [0.3, 0.4) is 0 Å². The molecule has 0 N–H and O–H groups in total. The second kappa shape index (κ2) is 11.5. The van der Waals surface area contributed by atoms with Gasteiger partial charge in [0, 0.05) is 30.5 Å². The maximum absolute atomic E-state index is 13.8. The van der Waals surface area contributed by atoms with E-state index in [1.165, 1.54) is 23.5 Å². The summed E-state index contributed by atoms with van der Waals surface area (Å²) < 4.78 is 29.4. The Morgan fingerprint density at radius 3 is 2.47 bits per heavy atom. The number of para-hydroxylation sites is 1. The summed E-state index contributed by atoms with van der Waals surface area (Å²) in [6.45, 7) is 2.56. The lowest BCUT2D eigenvalue weighted by atomic mass is 9.95. The number of rotatable bonds is 8. The van der Waals surface area contributed by atoms with E-state index in [4.69, 9.17) is 11.6 Å². The predicted octanol–water partition coefficient (Wildman–Crippen LogP) is 6.54. The smallest absolute Gasteiger partial charge is 0.260 e. The van der Waals surface area contributed by atoms with Crippen LogP contribution < -0.4 is 4.90 Å². The molecule has 1 saturated carbocycles. The Morgan fingerprint density at radius 2 is 1.82 bits per heavy atom. The Balaban J connectivity index is 1.45. The fourth-order valence-electron chi connectivity index (χ4n) is 4.97. The second-order valence-electron chi connectivity index (χ2n) is 9.36. The summed E-state index contributed by atoms with van der Waals surface area (Å²) in [7, 11) is -3.66. The molecule has 198 valence electrons. The van der Waals surface area contributed by atoms with E-state index in [1.807, 2.05) is 31.2 Å². The molecule has 1 fully saturated rings. The van der Waals surface area contributed by atoms with Gasteiger partial charge >= 0.3 is 0 Å². The van der Waals surface area contributed by atoms with Gasteiger partial charge in [0.15, 0.2) is 5.13 Å². The number of sulfonamides is 1. The van der Waals surface area contributed by atoms with Crippen molar-refractivity contribution in [3.8, 4) is 0 Å². The van der Waals surface area contributed by atoms with Crippen molar-refractivity contribution >= 4 is 54.2 Å². The van der Waals surface area contributed by atoms with Crippen LogP contribution in [-0.4, -0.2) is 41.2 Å². The quantitative estimate of drug-likeness (QED) is 0.241. The maximum atomic E-state index is 13.8. The molecular formula is C28H29ClN4O3S2. The summed E-state index contributed by atoms with van der Waals surface area (Å²) in [6.07, 6.45) is 8.42. The summed E-state index contributed by atoms with van der Waals surface area (Å²) in [6, 6.07) is 15.5. The van der Waals surface area contributed by atoms with Crippen LogP contribution >= 0.6 is 22.9 Å². The third-order valence-electron chi connectivity index (χ3n) is 6.90. The van der Waals surface area contributed by atoms with Crippen molar-refractivity contribution in [3.05, 3.63) is 83.1 Å². The summed E-state index contributed by atoms with van der Waals surface area (Å²) in [4.78, 5) is 24.4. The first-order valence-corrected chi connectivity index (χ1v) is 15.4. The normalized spacial score (nSPS) is 14.7. The maximum Gasteiger partial charge on any atom is 0.260 e. The predicted molar refractivity (Wildman–Crippen MR) is 152 cm³/mol. The number of amides is 1. The highest BCUT2D eigenvalue weighted by molar-refractivity contribution is 7.89. The van der Waals surface area contributed by atoms with Crippen molar-refractivity contribution in [1.29, 1.82) is 0 Å². The van der Waals surface area contributed by atoms with Gasteiger partial charge in [0.25, 0.3) is 5.91 Å². The molecule has 1 amide bonds. The standard InChI is InChI=1S/C28H29ClN4O3S2/c1-2-33(22-9-4-3-5-10-22)38(35,36)23-15-13-21(14-16-23)27(34)32(19-20-8-7-17-30-18-20)28-31-26-24(29)11-6-12-25(26)37-28/h6-8,11-18,22H,2-5,9-10,19H2,1H3. The van der Waals surface area contributed by atoms with Crippen LogP contribution in [0.25, 0.3) is 10.2 Å². The van der Waals surface area contributed by atoms with Gasteiger partial charge in [0.05, 0.1) is 21.2 Å². The van der Waals surface area contributed by atoms with Crippen molar-refractivity contribution in [2.75, 3.05) is 11.4 Å². The molecule has 0 aliphatic heterocycles. The summed E-state index contributed by atoms with van der Waals surface area (Å²) in [5.74, 6) is -0.285. The third-order valence-corrected chi connectivity index (χ3v) is 10.3. The molecule has 2 heterocycles. The van der Waals surface area contributed by atoms with Crippen molar-refractivity contribution in [2.24, 2.45) is 0 Å². The van der Waals surface area contributed by atoms with E-state index in [2.05, 4.69) is 9.97 Å². The molecule has 0 bridgehead atoms. The number of aromatic nitrogens is 2. The third kappa shape index (κ3) is 5.47. The number of halogens is 1. The van der Waals surface area contributed by atoms with Gasteiger partial charge in [-0.25, -0.2) is 13.4 Å². The number of nitrogens with zero attached hydrogens (tertiary/aromatic N) is 4. The lowest BCUT2D eigenvalue weighted by Crippen LogP contribution is -2.41. The zero-order valence-electron chi connectivity index (χ0n) is 21.1. The Kier molecular flexibility index (Phi) is 8.09. The molecule has 0 saturated heterocycles. The van der Waals surface area contributed by atoms with Crippen LogP contribution in [0.2, 0.25) is 5.02 Å². The average molecular weight is 569 g/mol. The highest BCUT2D eigenvalue weighted by Crippen LogP contribution is 2.34. The molecule has 4 aromatic rings. The van der Waals surface area contributed by atoms with Crippen LogP contribution in [0.15, 0.2) is 71.9 Å². The molecule has 1 aliphatic carbocycles. The van der Waals surface area contributed by atoms with Gasteiger partial charge < -0.3 is 0 Å². The summed E-state index contributed by atoms with van der Waals surface area (Å²) >= 11 is 7.73. The van der Waals surface area contributed by atoms with Gasteiger partial charge in [-0.3, -0.25) is 14.7 Å². The molecule has 7 nitrogen and oxygen atoms in total. The SMILES string of the molecule is CCN(C1CCCCC1)S(=O)(=O)c1ccc(C(=O)N(Cc2cccnc2)c2nc3c(Cl)cccc3s2)cc1. The van der Waals surface area contributed by atoms with E-state index in [-0.39, 0.29) is 23.4 Å². The molecule has 2 aromatic heterocycles. The molecule has 2 aromatic carbocycles. The number of fused-ring (bicyclic) bond motifs is 1. The number of benzene rings is 2. The molecule has 0 atom stereocenters. The van der Waals surface area contributed by atoms with Crippen LogP contribution in [0.5, 0.6) is 0 Å². The minimum absolute atomic E-state index is 0.0286. The molecule has 10 heteroatoms. The molecule has 0 radical (unpaired) electrons. The average Bonchev–Trinajstić information content (AvgIpc) is 3.38. The second-order valence-corrected chi connectivity index (χ2v) is 12.7. The Hall–Kier alpha value is -2.85. The number of carbonyl (C=O) groups is 1. The minimum Gasteiger partial charge on any atom is -0.279 e.